The number of carbonyl (C=O) groups is 1. The normalized spacial score (nSPS) is 15.6. The number of rotatable bonds is 6. The monoisotopic (exact) mass is 284 g/mol. The molecule has 2 atom stereocenters. The SMILES string of the molecule is CCOC(=O)C(CC)C(O)(CC)c1cccc(Cl)c1. The predicted octanol–water partition coefficient (Wildman–Crippen LogP) is 3.53. The van der Waals surface area contributed by atoms with E-state index >= 15 is 0 Å². The maximum atomic E-state index is 12.0. The number of ether oxygens (including phenoxy) is 1. The van der Waals surface area contributed by atoms with E-state index in [0.29, 0.717) is 30.0 Å². The van der Waals surface area contributed by atoms with Gasteiger partial charge >= 0.3 is 5.97 Å². The van der Waals surface area contributed by atoms with Crippen LogP contribution in [0, 0.1) is 5.92 Å². The zero-order valence-electron chi connectivity index (χ0n) is 11.6. The molecule has 0 saturated carbocycles. The first-order chi connectivity index (χ1) is 8.99. The molecule has 4 heteroatoms. The molecule has 0 aliphatic heterocycles. The van der Waals surface area contributed by atoms with Crippen LogP contribution in [0.1, 0.15) is 39.2 Å². The van der Waals surface area contributed by atoms with Gasteiger partial charge in [-0.1, -0.05) is 37.6 Å². The summed E-state index contributed by atoms with van der Waals surface area (Å²) in [6.07, 6.45) is 0.931. The van der Waals surface area contributed by atoms with E-state index in [1.165, 1.54) is 0 Å². The third kappa shape index (κ3) is 3.48. The van der Waals surface area contributed by atoms with Gasteiger partial charge in [-0.3, -0.25) is 4.79 Å². The molecule has 0 bridgehead atoms. The number of hydrogen-bond acceptors (Lipinski definition) is 3. The summed E-state index contributed by atoms with van der Waals surface area (Å²) in [5.41, 5.74) is -0.589. The summed E-state index contributed by atoms with van der Waals surface area (Å²) in [4.78, 5) is 12.0. The third-order valence-electron chi connectivity index (χ3n) is 3.42. The van der Waals surface area contributed by atoms with E-state index in [4.69, 9.17) is 16.3 Å². The molecule has 0 heterocycles. The Morgan fingerprint density at radius 1 is 1.42 bits per heavy atom. The number of esters is 1. The topological polar surface area (TPSA) is 46.5 Å². The van der Waals surface area contributed by atoms with Crippen molar-refractivity contribution in [1.29, 1.82) is 0 Å². The average Bonchev–Trinajstić information content (AvgIpc) is 2.39. The predicted molar refractivity (Wildman–Crippen MR) is 76.1 cm³/mol. The van der Waals surface area contributed by atoms with Crippen LogP contribution in [0.5, 0.6) is 0 Å². The first-order valence-electron chi connectivity index (χ1n) is 6.64. The number of benzene rings is 1. The van der Waals surface area contributed by atoms with E-state index in [2.05, 4.69) is 0 Å². The Bertz CT molecular complexity index is 433. The first kappa shape index (κ1) is 16.0. The van der Waals surface area contributed by atoms with Crippen molar-refractivity contribution >= 4 is 17.6 Å². The van der Waals surface area contributed by atoms with Crippen molar-refractivity contribution < 1.29 is 14.6 Å². The number of hydrogen-bond donors (Lipinski definition) is 1. The number of halogens is 1. The summed E-state index contributed by atoms with van der Waals surface area (Å²) in [5.74, 6) is -0.953. The van der Waals surface area contributed by atoms with E-state index in [1.807, 2.05) is 13.8 Å². The molecule has 1 N–H and O–H groups in total. The summed E-state index contributed by atoms with van der Waals surface area (Å²) in [7, 11) is 0. The van der Waals surface area contributed by atoms with Gasteiger partial charge in [0.15, 0.2) is 0 Å². The second-order valence-electron chi connectivity index (χ2n) is 4.50. The summed E-state index contributed by atoms with van der Waals surface area (Å²) in [5, 5.41) is 11.5. The first-order valence-corrected chi connectivity index (χ1v) is 7.02. The molecule has 106 valence electrons. The molecular weight excluding hydrogens is 264 g/mol. The molecule has 1 aromatic rings. The minimum atomic E-state index is -1.24. The Balaban J connectivity index is 3.17. The molecule has 2 unspecified atom stereocenters. The van der Waals surface area contributed by atoms with Crippen molar-refractivity contribution in [3.63, 3.8) is 0 Å². The van der Waals surface area contributed by atoms with Gasteiger partial charge in [-0.2, -0.15) is 0 Å². The quantitative estimate of drug-likeness (QED) is 0.813. The molecule has 0 amide bonds. The molecule has 19 heavy (non-hydrogen) atoms. The Kier molecular flexibility index (Phi) is 5.83. The fraction of sp³-hybridized carbons (Fsp3) is 0.533. The fourth-order valence-electron chi connectivity index (χ4n) is 2.35. The van der Waals surface area contributed by atoms with Crippen molar-refractivity contribution in [1.82, 2.24) is 0 Å². The molecule has 0 aliphatic rings. The third-order valence-corrected chi connectivity index (χ3v) is 3.65. The van der Waals surface area contributed by atoms with Crippen molar-refractivity contribution in [2.24, 2.45) is 5.92 Å². The van der Waals surface area contributed by atoms with Gasteiger partial charge in [0.05, 0.1) is 12.5 Å². The molecule has 3 nitrogen and oxygen atoms in total. The van der Waals surface area contributed by atoms with E-state index < -0.39 is 11.5 Å². The van der Waals surface area contributed by atoms with E-state index in [9.17, 15) is 9.90 Å². The minimum Gasteiger partial charge on any atom is -0.466 e. The molecule has 1 rings (SSSR count). The van der Waals surface area contributed by atoms with Crippen LogP contribution in [0.15, 0.2) is 24.3 Å². The van der Waals surface area contributed by atoms with Crippen LogP contribution >= 0.6 is 11.6 Å². The van der Waals surface area contributed by atoms with E-state index in [-0.39, 0.29) is 5.97 Å². The molecule has 0 saturated heterocycles. The highest BCUT2D eigenvalue weighted by Gasteiger charge is 2.41. The van der Waals surface area contributed by atoms with Crippen LogP contribution in [0.25, 0.3) is 0 Å². The van der Waals surface area contributed by atoms with Crippen LogP contribution in [-0.2, 0) is 15.1 Å². The lowest BCUT2D eigenvalue weighted by atomic mass is 9.78. The maximum absolute atomic E-state index is 12.0. The Hall–Kier alpha value is -1.06. The van der Waals surface area contributed by atoms with Crippen LogP contribution in [0.3, 0.4) is 0 Å². The zero-order chi connectivity index (χ0) is 14.5. The molecule has 0 aromatic heterocycles. The minimum absolute atomic E-state index is 0.310. The second-order valence-corrected chi connectivity index (χ2v) is 4.94. The zero-order valence-corrected chi connectivity index (χ0v) is 12.4. The van der Waals surface area contributed by atoms with Gasteiger partial charge < -0.3 is 9.84 Å². The summed E-state index contributed by atoms with van der Waals surface area (Å²) >= 11 is 5.97. The molecule has 0 fully saturated rings. The Labute approximate surface area is 119 Å². The molecule has 1 aromatic carbocycles. The average molecular weight is 285 g/mol. The Morgan fingerprint density at radius 2 is 2.11 bits per heavy atom. The standard InChI is InChI=1S/C15H21ClO3/c1-4-13(14(17)19-6-3)15(18,5-2)11-8-7-9-12(16)10-11/h7-10,13,18H,4-6H2,1-3H3. The fourth-order valence-corrected chi connectivity index (χ4v) is 2.54. The highest BCUT2D eigenvalue weighted by Crippen LogP contribution is 2.36. The summed E-state index contributed by atoms with van der Waals surface area (Å²) in [6, 6.07) is 7.01. The number of carbonyl (C=O) groups excluding carboxylic acids is 1. The highest BCUT2D eigenvalue weighted by molar-refractivity contribution is 6.30. The lowest BCUT2D eigenvalue weighted by molar-refractivity contribution is -0.160. The van der Waals surface area contributed by atoms with Gasteiger partial charge in [0.25, 0.3) is 0 Å². The van der Waals surface area contributed by atoms with Gasteiger partial charge in [-0.05, 0) is 37.5 Å². The molecule has 0 radical (unpaired) electrons. The van der Waals surface area contributed by atoms with Gasteiger partial charge in [0.2, 0.25) is 0 Å². The van der Waals surface area contributed by atoms with Gasteiger partial charge in [0.1, 0.15) is 5.60 Å². The van der Waals surface area contributed by atoms with Gasteiger partial charge in [-0.15, -0.1) is 0 Å². The molecule has 0 spiro atoms. The molecular formula is C15H21ClO3. The van der Waals surface area contributed by atoms with Crippen molar-refractivity contribution in [3.05, 3.63) is 34.9 Å². The van der Waals surface area contributed by atoms with Crippen molar-refractivity contribution in [3.8, 4) is 0 Å². The van der Waals surface area contributed by atoms with Crippen molar-refractivity contribution in [2.75, 3.05) is 6.61 Å². The van der Waals surface area contributed by atoms with Crippen LogP contribution in [-0.4, -0.2) is 17.7 Å². The van der Waals surface area contributed by atoms with Crippen LogP contribution < -0.4 is 0 Å². The highest BCUT2D eigenvalue weighted by atomic mass is 35.5. The maximum Gasteiger partial charge on any atom is 0.312 e. The lowest BCUT2D eigenvalue weighted by Crippen LogP contribution is -2.40. The van der Waals surface area contributed by atoms with Gasteiger partial charge in [0, 0.05) is 5.02 Å². The van der Waals surface area contributed by atoms with Gasteiger partial charge in [-0.25, -0.2) is 0 Å². The second kappa shape index (κ2) is 6.92. The van der Waals surface area contributed by atoms with Crippen molar-refractivity contribution in [2.45, 2.75) is 39.2 Å². The van der Waals surface area contributed by atoms with E-state index in [0.717, 1.165) is 0 Å². The smallest absolute Gasteiger partial charge is 0.312 e. The molecule has 0 aliphatic carbocycles. The Morgan fingerprint density at radius 3 is 2.58 bits per heavy atom. The van der Waals surface area contributed by atoms with Crippen LogP contribution in [0.4, 0.5) is 0 Å². The van der Waals surface area contributed by atoms with E-state index in [1.54, 1.807) is 31.2 Å². The summed E-state index contributed by atoms with van der Waals surface area (Å²) in [6.45, 7) is 5.79. The lowest BCUT2D eigenvalue weighted by Gasteiger charge is -2.34. The summed E-state index contributed by atoms with van der Waals surface area (Å²) < 4.78 is 5.06. The van der Waals surface area contributed by atoms with Crippen LogP contribution in [0.2, 0.25) is 5.02 Å². The largest absolute Gasteiger partial charge is 0.466 e. The number of aliphatic hydroxyl groups is 1.